The quantitative estimate of drug-likeness (QED) is 0.872. The van der Waals surface area contributed by atoms with E-state index in [1.54, 1.807) is 6.92 Å². The first-order chi connectivity index (χ1) is 11.6. The third-order valence-corrected chi connectivity index (χ3v) is 5.66. The van der Waals surface area contributed by atoms with Gasteiger partial charge < -0.3 is 10.2 Å². The first kappa shape index (κ1) is 16.8. The number of piperidine rings is 1. The second-order valence-electron chi connectivity index (χ2n) is 5.74. The molecule has 1 aliphatic rings. The van der Waals surface area contributed by atoms with E-state index in [4.69, 9.17) is 0 Å². The largest absolute Gasteiger partial charge is 0.338 e. The smallest absolute Gasteiger partial charge is 0.319 e. The summed E-state index contributed by atoms with van der Waals surface area (Å²) in [5, 5.41) is 12.4. The van der Waals surface area contributed by atoms with Crippen LogP contribution in [0.5, 0.6) is 0 Å². The number of rotatable bonds is 4. The Hall–Kier alpha value is -2.00. The van der Waals surface area contributed by atoms with Gasteiger partial charge in [0.25, 0.3) is 5.91 Å². The molecule has 3 amide bonds. The second kappa shape index (κ2) is 7.71. The molecular formula is C15H19N5O2S2. The van der Waals surface area contributed by atoms with Crippen LogP contribution in [0.25, 0.3) is 0 Å². The molecule has 2 N–H and O–H groups in total. The average molecular weight is 365 g/mol. The summed E-state index contributed by atoms with van der Waals surface area (Å²) in [4.78, 5) is 26.7. The first-order valence-corrected chi connectivity index (χ1v) is 9.45. The molecule has 2 aromatic heterocycles. The van der Waals surface area contributed by atoms with E-state index in [9.17, 15) is 9.59 Å². The number of thiophene rings is 1. The Bertz CT molecular complexity index is 693. The molecule has 0 unspecified atom stereocenters. The minimum atomic E-state index is -0.178. The number of anilines is 1. The van der Waals surface area contributed by atoms with Crippen LogP contribution in [0.1, 0.15) is 28.2 Å². The summed E-state index contributed by atoms with van der Waals surface area (Å²) in [5.41, 5.74) is 0.694. The molecule has 2 aromatic rings. The Morgan fingerprint density at radius 2 is 2.17 bits per heavy atom. The maximum Gasteiger partial charge on any atom is 0.319 e. The lowest BCUT2D eigenvalue weighted by atomic mass is 9.96. The van der Waals surface area contributed by atoms with Gasteiger partial charge in [-0.05, 0) is 54.7 Å². The summed E-state index contributed by atoms with van der Waals surface area (Å²) in [6.45, 7) is 3.84. The Balaban J connectivity index is 1.41. The van der Waals surface area contributed by atoms with Gasteiger partial charge in [0.1, 0.15) is 4.88 Å². The van der Waals surface area contributed by atoms with Crippen molar-refractivity contribution in [2.75, 3.05) is 25.0 Å². The number of amides is 3. The Labute approximate surface area is 148 Å². The van der Waals surface area contributed by atoms with Gasteiger partial charge in [0.2, 0.25) is 0 Å². The molecule has 1 saturated heterocycles. The van der Waals surface area contributed by atoms with Crippen LogP contribution in [0.15, 0.2) is 17.5 Å². The maximum atomic E-state index is 12.4. The normalized spacial score (nSPS) is 15.3. The summed E-state index contributed by atoms with van der Waals surface area (Å²) < 4.78 is 3.82. The summed E-state index contributed by atoms with van der Waals surface area (Å²) in [6.07, 6.45) is 1.77. The van der Waals surface area contributed by atoms with Gasteiger partial charge in [-0.15, -0.1) is 16.4 Å². The number of likely N-dealkylation sites (tertiary alicyclic amines) is 1. The lowest BCUT2D eigenvalue weighted by Gasteiger charge is -2.31. The van der Waals surface area contributed by atoms with E-state index < -0.39 is 0 Å². The van der Waals surface area contributed by atoms with Crippen LogP contribution in [0, 0.1) is 12.8 Å². The number of hydrogen-bond acceptors (Lipinski definition) is 6. The van der Waals surface area contributed by atoms with Gasteiger partial charge in [0.05, 0.1) is 10.7 Å². The van der Waals surface area contributed by atoms with Crippen molar-refractivity contribution in [1.82, 2.24) is 19.8 Å². The molecule has 0 spiro atoms. The topological polar surface area (TPSA) is 87.2 Å². The molecular weight excluding hydrogens is 346 g/mol. The summed E-state index contributed by atoms with van der Waals surface area (Å²) >= 11 is 2.64. The van der Waals surface area contributed by atoms with E-state index in [0.29, 0.717) is 36.1 Å². The Kier molecular flexibility index (Phi) is 5.41. The molecule has 0 bridgehead atoms. The number of aromatic nitrogens is 2. The number of nitrogens with one attached hydrogen (secondary N) is 2. The lowest BCUT2D eigenvalue weighted by Crippen LogP contribution is -2.42. The van der Waals surface area contributed by atoms with Crippen molar-refractivity contribution in [2.45, 2.75) is 19.8 Å². The van der Waals surface area contributed by atoms with Gasteiger partial charge >= 0.3 is 6.03 Å². The minimum absolute atomic E-state index is 0.0179. The Morgan fingerprint density at radius 1 is 1.38 bits per heavy atom. The highest BCUT2D eigenvalue weighted by atomic mass is 32.1. The van der Waals surface area contributed by atoms with Gasteiger partial charge in [-0.2, -0.15) is 0 Å². The minimum Gasteiger partial charge on any atom is -0.338 e. The standard InChI is InChI=1S/C15H19N5O2S2/c1-10-13(24-19-18-10)14(21)20-6-4-11(5-7-20)9-16-15(22)17-12-3-2-8-23-12/h2-3,8,11H,4-7,9H2,1H3,(H2,16,17,22). The summed E-state index contributed by atoms with van der Waals surface area (Å²) in [6, 6.07) is 3.58. The van der Waals surface area contributed by atoms with Crippen LogP contribution in [-0.4, -0.2) is 46.1 Å². The zero-order valence-electron chi connectivity index (χ0n) is 13.3. The van der Waals surface area contributed by atoms with E-state index in [0.717, 1.165) is 29.4 Å². The van der Waals surface area contributed by atoms with Gasteiger partial charge in [-0.1, -0.05) is 4.49 Å². The highest BCUT2D eigenvalue weighted by Gasteiger charge is 2.26. The van der Waals surface area contributed by atoms with Crippen molar-refractivity contribution in [3.63, 3.8) is 0 Å². The highest BCUT2D eigenvalue weighted by molar-refractivity contribution is 7.14. The lowest BCUT2D eigenvalue weighted by molar-refractivity contribution is 0.0694. The van der Waals surface area contributed by atoms with Crippen LogP contribution >= 0.6 is 22.9 Å². The molecule has 0 aliphatic carbocycles. The van der Waals surface area contributed by atoms with Gasteiger partial charge in [0.15, 0.2) is 0 Å². The molecule has 0 radical (unpaired) electrons. The van der Waals surface area contributed by atoms with Crippen molar-refractivity contribution >= 4 is 39.8 Å². The van der Waals surface area contributed by atoms with E-state index in [1.165, 1.54) is 11.3 Å². The number of hydrogen-bond donors (Lipinski definition) is 2. The van der Waals surface area contributed by atoms with E-state index in [-0.39, 0.29) is 11.9 Å². The molecule has 3 rings (SSSR count). The van der Waals surface area contributed by atoms with Crippen LogP contribution in [0.2, 0.25) is 0 Å². The maximum absolute atomic E-state index is 12.4. The molecule has 24 heavy (non-hydrogen) atoms. The molecule has 3 heterocycles. The van der Waals surface area contributed by atoms with Crippen molar-refractivity contribution in [1.29, 1.82) is 0 Å². The average Bonchev–Trinajstić information content (AvgIpc) is 3.24. The van der Waals surface area contributed by atoms with Crippen molar-refractivity contribution in [3.8, 4) is 0 Å². The van der Waals surface area contributed by atoms with E-state index in [2.05, 4.69) is 20.2 Å². The van der Waals surface area contributed by atoms with Crippen molar-refractivity contribution in [2.24, 2.45) is 5.92 Å². The number of urea groups is 1. The molecule has 128 valence electrons. The fraction of sp³-hybridized carbons (Fsp3) is 0.467. The van der Waals surface area contributed by atoms with Gasteiger partial charge in [-0.25, -0.2) is 4.79 Å². The van der Waals surface area contributed by atoms with Crippen LogP contribution in [0.3, 0.4) is 0 Å². The fourth-order valence-electron chi connectivity index (χ4n) is 2.65. The Morgan fingerprint density at radius 3 is 2.79 bits per heavy atom. The van der Waals surface area contributed by atoms with Crippen LogP contribution in [-0.2, 0) is 0 Å². The van der Waals surface area contributed by atoms with Gasteiger partial charge in [-0.3, -0.25) is 10.1 Å². The summed E-state index contributed by atoms with van der Waals surface area (Å²) in [5.74, 6) is 0.410. The summed E-state index contributed by atoms with van der Waals surface area (Å²) in [7, 11) is 0. The number of carbonyl (C=O) groups excluding carboxylic acids is 2. The van der Waals surface area contributed by atoms with E-state index >= 15 is 0 Å². The molecule has 7 nitrogen and oxygen atoms in total. The molecule has 0 aromatic carbocycles. The number of nitrogens with zero attached hydrogens (tertiary/aromatic N) is 3. The highest BCUT2D eigenvalue weighted by Crippen LogP contribution is 2.21. The van der Waals surface area contributed by atoms with Crippen molar-refractivity contribution in [3.05, 3.63) is 28.1 Å². The molecule has 9 heteroatoms. The predicted octanol–water partition coefficient (Wildman–Crippen LogP) is 2.58. The van der Waals surface area contributed by atoms with Crippen LogP contribution in [0.4, 0.5) is 9.80 Å². The van der Waals surface area contributed by atoms with Gasteiger partial charge in [0, 0.05) is 19.6 Å². The third-order valence-electron chi connectivity index (χ3n) is 4.06. The molecule has 0 atom stereocenters. The van der Waals surface area contributed by atoms with Crippen LogP contribution < -0.4 is 10.6 Å². The van der Waals surface area contributed by atoms with Crippen molar-refractivity contribution < 1.29 is 9.59 Å². The molecule has 1 fully saturated rings. The number of carbonyl (C=O) groups is 2. The van der Waals surface area contributed by atoms with E-state index in [1.807, 2.05) is 22.4 Å². The zero-order chi connectivity index (χ0) is 16.9. The second-order valence-corrected chi connectivity index (χ2v) is 7.44. The monoisotopic (exact) mass is 365 g/mol. The SMILES string of the molecule is Cc1nnsc1C(=O)N1CCC(CNC(=O)Nc2cccs2)CC1. The predicted molar refractivity (Wildman–Crippen MR) is 94.6 cm³/mol. The zero-order valence-corrected chi connectivity index (χ0v) is 15.0. The molecule has 1 aliphatic heterocycles. The first-order valence-electron chi connectivity index (χ1n) is 7.80. The number of aryl methyl sites for hydroxylation is 1. The fourth-order valence-corrected chi connectivity index (χ4v) is 3.89. The third kappa shape index (κ3) is 4.09. The molecule has 0 saturated carbocycles.